The summed E-state index contributed by atoms with van der Waals surface area (Å²) in [4.78, 5) is -0.143. The summed E-state index contributed by atoms with van der Waals surface area (Å²) < 4.78 is 51.3. The number of rotatable bonds is 5. The highest BCUT2D eigenvalue weighted by Gasteiger charge is 2.28. The monoisotopic (exact) mass is 335 g/mol. The molecule has 0 aliphatic heterocycles. The van der Waals surface area contributed by atoms with Crippen molar-refractivity contribution in [3.63, 3.8) is 0 Å². The number of nitrogens with two attached hydrogens (primary N) is 1. The zero-order valence-electron chi connectivity index (χ0n) is 12.6. The number of hydrogen-bond donors (Lipinski definition) is 1. The maximum atomic E-state index is 12.0. The van der Waals surface area contributed by atoms with Crippen molar-refractivity contribution in [1.29, 1.82) is 0 Å². The fourth-order valence-corrected chi connectivity index (χ4v) is 3.20. The van der Waals surface area contributed by atoms with E-state index in [0.717, 1.165) is 0 Å². The Morgan fingerprint density at radius 2 is 1.71 bits per heavy atom. The smallest absolute Gasteiger partial charge is 0.241 e. The lowest BCUT2D eigenvalue weighted by Gasteiger charge is -2.19. The van der Waals surface area contributed by atoms with Crippen molar-refractivity contribution in [2.24, 2.45) is 5.14 Å². The van der Waals surface area contributed by atoms with E-state index in [0.29, 0.717) is 5.56 Å². The molecule has 6 nitrogen and oxygen atoms in total. The highest BCUT2D eigenvalue weighted by Crippen LogP contribution is 2.24. The second-order valence-corrected chi connectivity index (χ2v) is 10.2. The second kappa shape index (κ2) is 5.94. The largest absolute Gasteiger partial charge is 0.491 e. The highest BCUT2D eigenvalue weighted by atomic mass is 32.2. The second-order valence-electron chi connectivity index (χ2n) is 5.77. The number of primary sulfonamides is 1. The van der Waals surface area contributed by atoms with Crippen LogP contribution in [0.25, 0.3) is 0 Å². The molecule has 0 saturated heterocycles. The molecule has 1 aromatic carbocycles. The molecule has 120 valence electrons. The van der Waals surface area contributed by atoms with E-state index in [9.17, 15) is 16.8 Å². The topological polar surface area (TPSA) is 104 Å². The first-order valence-electron chi connectivity index (χ1n) is 6.33. The van der Waals surface area contributed by atoms with Crippen molar-refractivity contribution in [2.45, 2.75) is 37.3 Å². The van der Waals surface area contributed by atoms with Crippen LogP contribution >= 0.6 is 0 Å². The molecule has 8 heteroatoms. The van der Waals surface area contributed by atoms with E-state index in [2.05, 4.69) is 0 Å². The number of ether oxygens (including phenoxy) is 1. The van der Waals surface area contributed by atoms with E-state index in [1.807, 2.05) is 0 Å². The van der Waals surface area contributed by atoms with Crippen LogP contribution in [0.1, 0.15) is 26.3 Å². The molecule has 0 aliphatic rings. The number of sulfonamides is 1. The molecule has 0 radical (unpaired) electrons. The summed E-state index contributed by atoms with van der Waals surface area (Å²) >= 11 is 0. The van der Waals surface area contributed by atoms with Gasteiger partial charge in [0.25, 0.3) is 0 Å². The van der Waals surface area contributed by atoms with Crippen molar-refractivity contribution >= 4 is 19.9 Å². The predicted octanol–water partition coefficient (Wildman–Crippen LogP) is 1.23. The molecule has 2 N–H and O–H groups in total. The van der Waals surface area contributed by atoms with Crippen LogP contribution in [0.3, 0.4) is 0 Å². The van der Waals surface area contributed by atoms with Gasteiger partial charge in [-0.25, -0.2) is 22.0 Å². The molecule has 0 aromatic heterocycles. The number of hydrogen-bond acceptors (Lipinski definition) is 5. The maximum Gasteiger partial charge on any atom is 0.241 e. The van der Waals surface area contributed by atoms with Gasteiger partial charge in [-0.1, -0.05) is 6.07 Å². The minimum atomic E-state index is -3.92. The van der Waals surface area contributed by atoms with Gasteiger partial charge in [0.15, 0.2) is 9.84 Å². The molecule has 0 bridgehead atoms. The van der Waals surface area contributed by atoms with Crippen LogP contribution in [0.5, 0.6) is 5.75 Å². The van der Waals surface area contributed by atoms with Crippen LogP contribution in [0.15, 0.2) is 23.1 Å². The Bertz CT molecular complexity index is 715. The van der Waals surface area contributed by atoms with E-state index >= 15 is 0 Å². The maximum absolute atomic E-state index is 12.0. The molecule has 1 aromatic rings. The van der Waals surface area contributed by atoms with Gasteiger partial charge in [0.05, 0.1) is 10.5 Å². The summed E-state index contributed by atoms with van der Waals surface area (Å²) in [6.07, 6.45) is 0. The fourth-order valence-electron chi connectivity index (χ4n) is 1.52. The quantitative estimate of drug-likeness (QED) is 0.871. The van der Waals surface area contributed by atoms with Crippen LogP contribution in [0.2, 0.25) is 0 Å². The first-order chi connectivity index (χ1) is 9.34. The van der Waals surface area contributed by atoms with Crippen LogP contribution in [-0.4, -0.2) is 33.9 Å². The zero-order valence-corrected chi connectivity index (χ0v) is 14.2. The molecular weight excluding hydrogens is 314 g/mol. The van der Waals surface area contributed by atoms with Crippen molar-refractivity contribution in [1.82, 2.24) is 0 Å². The van der Waals surface area contributed by atoms with Gasteiger partial charge in [0, 0.05) is 0 Å². The third-order valence-electron chi connectivity index (χ3n) is 2.95. The lowest BCUT2D eigenvalue weighted by Crippen LogP contribution is -2.32. The first kappa shape index (κ1) is 17.9. The van der Waals surface area contributed by atoms with E-state index < -0.39 is 24.6 Å². The zero-order chi connectivity index (χ0) is 16.5. The van der Waals surface area contributed by atoms with E-state index in [1.165, 1.54) is 12.1 Å². The minimum Gasteiger partial charge on any atom is -0.491 e. The average molecular weight is 335 g/mol. The van der Waals surface area contributed by atoms with E-state index in [-0.39, 0.29) is 23.0 Å². The lowest BCUT2D eigenvalue weighted by molar-refractivity contribution is 0.331. The molecule has 0 unspecified atom stereocenters. The predicted molar refractivity (Wildman–Crippen MR) is 81.6 cm³/mol. The summed E-state index contributed by atoms with van der Waals surface area (Å²) in [7, 11) is -7.25. The normalized spacial score (nSPS) is 13.2. The summed E-state index contributed by atoms with van der Waals surface area (Å²) in [5, 5.41) is 5.13. The van der Waals surface area contributed by atoms with Gasteiger partial charge in [-0.2, -0.15) is 0 Å². The summed E-state index contributed by atoms with van der Waals surface area (Å²) in [6, 6.07) is 4.53. The Kier molecular flexibility index (Phi) is 5.07. The van der Waals surface area contributed by atoms with Crippen LogP contribution in [0, 0.1) is 6.92 Å². The number of sulfone groups is 1. The molecule has 0 spiro atoms. The molecular formula is C13H21NO5S2. The standard InChI is InChI=1S/C13H21NO5S2/c1-10-5-6-11(12(9-10)21(14,17)18)19-7-8-20(15,16)13(2,3)4/h5-6,9H,7-8H2,1-4H3,(H2,14,17,18). The number of benzene rings is 1. The summed E-state index contributed by atoms with van der Waals surface area (Å²) in [5.74, 6) is -0.138. The van der Waals surface area contributed by atoms with Crippen LogP contribution in [-0.2, 0) is 19.9 Å². The van der Waals surface area contributed by atoms with Gasteiger partial charge in [-0.05, 0) is 45.4 Å². The molecule has 0 heterocycles. The van der Waals surface area contributed by atoms with Gasteiger partial charge in [0.1, 0.15) is 17.3 Å². The molecule has 1 rings (SSSR count). The first-order valence-corrected chi connectivity index (χ1v) is 9.53. The lowest BCUT2D eigenvalue weighted by atomic mass is 10.2. The molecule has 0 saturated carbocycles. The molecule has 0 amide bonds. The van der Waals surface area contributed by atoms with Crippen LogP contribution < -0.4 is 9.88 Å². The van der Waals surface area contributed by atoms with E-state index in [4.69, 9.17) is 9.88 Å². The van der Waals surface area contributed by atoms with Gasteiger partial charge >= 0.3 is 0 Å². The van der Waals surface area contributed by atoms with Crippen molar-refractivity contribution in [3.8, 4) is 5.75 Å². The Balaban J connectivity index is 2.92. The van der Waals surface area contributed by atoms with Gasteiger partial charge in [0.2, 0.25) is 10.0 Å². The van der Waals surface area contributed by atoms with Gasteiger partial charge < -0.3 is 4.74 Å². The Morgan fingerprint density at radius 1 is 1.14 bits per heavy atom. The third-order valence-corrected chi connectivity index (χ3v) is 6.45. The molecule has 0 atom stereocenters. The fraction of sp³-hybridized carbons (Fsp3) is 0.538. The average Bonchev–Trinajstić information content (AvgIpc) is 2.28. The highest BCUT2D eigenvalue weighted by molar-refractivity contribution is 7.92. The van der Waals surface area contributed by atoms with E-state index in [1.54, 1.807) is 33.8 Å². The summed E-state index contributed by atoms with van der Waals surface area (Å²) in [5.41, 5.74) is 0.716. The van der Waals surface area contributed by atoms with Crippen molar-refractivity contribution in [2.75, 3.05) is 12.4 Å². The minimum absolute atomic E-state index is 0.0622. The Hall–Kier alpha value is -1.12. The van der Waals surface area contributed by atoms with Gasteiger partial charge in [-0.3, -0.25) is 0 Å². The molecule has 0 fully saturated rings. The Labute approximate surface area is 126 Å². The van der Waals surface area contributed by atoms with Crippen molar-refractivity contribution in [3.05, 3.63) is 23.8 Å². The Morgan fingerprint density at radius 3 is 2.19 bits per heavy atom. The van der Waals surface area contributed by atoms with Crippen molar-refractivity contribution < 1.29 is 21.6 Å². The SMILES string of the molecule is Cc1ccc(OCCS(=O)(=O)C(C)(C)C)c(S(N)(=O)=O)c1. The summed E-state index contributed by atoms with van der Waals surface area (Å²) in [6.45, 7) is 6.39. The number of aryl methyl sites for hydroxylation is 1. The van der Waals surface area contributed by atoms with Crippen LogP contribution in [0.4, 0.5) is 0 Å². The molecule has 0 aliphatic carbocycles. The molecule has 21 heavy (non-hydrogen) atoms. The van der Waals surface area contributed by atoms with Gasteiger partial charge in [-0.15, -0.1) is 0 Å². The third kappa shape index (κ3) is 4.69.